The van der Waals surface area contributed by atoms with Crippen LogP contribution in [-0.4, -0.2) is 58.6 Å². The molecule has 0 amide bonds. The number of aliphatic hydroxyl groups is 1. The summed E-state index contributed by atoms with van der Waals surface area (Å²) in [5, 5.41) is 8.94. The molecule has 1 aliphatic heterocycles. The Labute approximate surface area is 99.9 Å². The number of aromatic amines is 1. The molecule has 17 heavy (non-hydrogen) atoms. The predicted molar refractivity (Wildman–Crippen MR) is 63.6 cm³/mol. The second-order valence-corrected chi connectivity index (χ2v) is 4.54. The van der Waals surface area contributed by atoms with Crippen molar-refractivity contribution in [2.24, 2.45) is 0 Å². The number of hydrogen-bond acceptors (Lipinski definition) is 5. The van der Waals surface area contributed by atoms with E-state index in [1.54, 1.807) is 0 Å². The second-order valence-electron chi connectivity index (χ2n) is 4.54. The van der Waals surface area contributed by atoms with Crippen LogP contribution in [-0.2, 0) is 6.61 Å². The fourth-order valence-electron chi connectivity index (χ4n) is 2.02. The van der Waals surface area contributed by atoms with Crippen LogP contribution in [0, 0.1) is 0 Å². The fourth-order valence-corrected chi connectivity index (χ4v) is 2.02. The van der Waals surface area contributed by atoms with Crippen molar-refractivity contribution in [1.29, 1.82) is 0 Å². The highest BCUT2D eigenvalue weighted by atomic mass is 16.3. The lowest BCUT2D eigenvalue weighted by molar-refractivity contribution is 0.109. The van der Waals surface area contributed by atoms with E-state index in [2.05, 4.69) is 26.8 Å². The summed E-state index contributed by atoms with van der Waals surface area (Å²) in [5.41, 5.74) is 0.0553. The number of H-pyrrole nitrogens is 1. The molecule has 0 radical (unpaired) electrons. The minimum atomic E-state index is -0.275. The van der Waals surface area contributed by atoms with Gasteiger partial charge in [0.1, 0.15) is 5.82 Å². The number of nitrogens with zero attached hydrogens (tertiary/aromatic N) is 3. The summed E-state index contributed by atoms with van der Waals surface area (Å²) in [6, 6.07) is 0.106. The predicted octanol–water partition coefficient (Wildman–Crippen LogP) is -0.819. The standard InChI is InChI=1S/C11H18N4O2/c1-14-3-4-15(2)9(6-14)10-12-5-8(7-16)11(17)13-10/h5,9,16H,3-4,6-7H2,1-2H3,(H,12,13,17). The van der Waals surface area contributed by atoms with Crippen LogP contribution in [0.15, 0.2) is 11.0 Å². The Kier molecular flexibility index (Phi) is 3.56. The minimum Gasteiger partial charge on any atom is -0.391 e. The van der Waals surface area contributed by atoms with Crippen LogP contribution < -0.4 is 5.56 Å². The lowest BCUT2D eigenvalue weighted by Crippen LogP contribution is -2.45. The zero-order valence-electron chi connectivity index (χ0n) is 10.2. The van der Waals surface area contributed by atoms with E-state index in [0.717, 1.165) is 19.6 Å². The largest absolute Gasteiger partial charge is 0.391 e. The molecule has 1 atom stereocenters. The molecular weight excluding hydrogens is 220 g/mol. The molecule has 0 aliphatic carbocycles. The Morgan fingerprint density at radius 3 is 2.94 bits per heavy atom. The molecule has 2 heterocycles. The van der Waals surface area contributed by atoms with Gasteiger partial charge in [-0.2, -0.15) is 0 Å². The molecule has 0 bridgehead atoms. The van der Waals surface area contributed by atoms with Crippen LogP contribution in [0.5, 0.6) is 0 Å². The molecule has 1 aliphatic rings. The SMILES string of the molecule is CN1CCN(C)C(c2ncc(CO)c(=O)[nH]2)C1. The molecule has 1 aromatic heterocycles. The first-order valence-electron chi connectivity index (χ1n) is 5.69. The van der Waals surface area contributed by atoms with Crippen LogP contribution in [0.2, 0.25) is 0 Å². The summed E-state index contributed by atoms with van der Waals surface area (Å²) in [7, 11) is 4.08. The van der Waals surface area contributed by atoms with Gasteiger partial charge in [-0.15, -0.1) is 0 Å². The fraction of sp³-hybridized carbons (Fsp3) is 0.636. The number of aliphatic hydroxyl groups excluding tert-OH is 1. The molecule has 1 unspecified atom stereocenters. The van der Waals surface area contributed by atoms with Crippen molar-refractivity contribution in [3.63, 3.8) is 0 Å². The van der Waals surface area contributed by atoms with E-state index in [1.165, 1.54) is 6.20 Å². The second kappa shape index (κ2) is 4.95. The van der Waals surface area contributed by atoms with E-state index < -0.39 is 0 Å². The lowest BCUT2D eigenvalue weighted by Gasteiger charge is -2.36. The average Bonchev–Trinajstić information content (AvgIpc) is 2.32. The smallest absolute Gasteiger partial charge is 0.256 e. The highest BCUT2D eigenvalue weighted by Crippen LogP contribution is 2.19. The molecule has 1 fully saturated rings. The molecule has 94 valence electrons. The molecule has 2 rings (SSSR count). The Balaban J connectivity index is 2.26. The van der Waals surface area contributed by atoms with E-state index in [9.17, 15) is 4.79 Å². The minimum absolute atomic E-state index is 0.106. The molecule has 0 spiro atoms. The third-order valence-corrected chi connectivity index (χ3v) is 3.23. The quantitative estimate of drug-likeness (QED) is 0.704. The topological polar surface area (TPSA) is 72.5 Å². The molecule has 2 N–H and O–H groups in total. The van der Waals surface area contributed by atoms with Crippen LogP contribution >= 0.6 is 0 Å². The van der Waals surface area contributed by atoms with Gasteiger partial charge in [0.25, 0.3) is 5.56 Å². The third kappa shape index (κ3) is 2.54. The van der Waals surface area contributed by atoms with Gasteiger partial charge in [0, 0.05) is 25.8 Å². The third-order valence-electron chi connectivity index (χ3n) is 3.23. The average molecular weight is 238 g/mol. The maximum atomic E-state index is 11.6. The Hall–Kier alpha value is -1.24. The first-order chi connectivity index (χ1) is 8.11. The van der Waals surface area contributed by atoms with E-state index in [-0.39, 0.29) is 18.2 Å². The van der Waals surface area contributed by atoms with E-state index in [4.69, 9.17) is 5.11 Å². The van der Waals surface area contributed by atoms with Crippen molar-refractivity contribution in [3.8, 4) is 0 Å². The summed E-state index contributed by atoms with van der Waals surface area (Å²) in [5.74, 6) is 0.668. The zero-order chi connectivity index (χ0) is 12.4. The van der Waals surface area contributed by atoms with Gasteiger partial charge in [0.05, 0.1) is 18.2 Å². The number of nitrogens with one attached hydrogen (secondary N) is 1. The van der Waals surface area contributed by atoms with Crippen molar-refractivity contribution in [2.75, 3.05) is 33.7 Å². The van der Waals surface area contributed by atoms with Crippen molar-refractivity contribution >= 4 is 0 Å². The first-order valence-corrected chi connectivity index (χ1v) is 5.69. The van der Waals surface area contributed by atoms with Crippen LogP contribution in [0.1, 0.15) is 17.4 Å². The van der Waals surface area contributed by atoms with E-state index >= 15 is 0 Å². The van der Waals surface area contributed by atoms with Crippen molar-refractivity contribution < 1.29 is 5.11 Å². The first kappa shape index (κ1) is 12.2. The lowest BCUT2D eigenvalue weighted by atomic mass is 10.1. The summed E-state index contributed by atoms with van der Waals surface area (Å²) >= 11 is 0. The molecule has 0 saturated carbocycles. The molecule has 0 aromatic carbocycles. The van der Waals surface area contributed by atoms with Gasteiger partial charge >= 0.3 is 0 Å². The number of piperazine rings is 1. The maximum Gasteiger partial charge on any atom is 0.256 e. The monoisotopic (exact) mass is 238 g/mol. The van der Waals surface area contributed by atoms with Gasteiger partial charge < -0.3 is 15.0 Å². The van der Waals surface area contributed by atoms with Gasteiger partial charge in [-0.05, 0) is 14.1 Å². The van der Waals surface area contributed by atoms with Crippen molar-refractivity contribution in [1.82, 2.24) is 19.8 Å². The van der Waals surface area contributed by atoms with Crippen molar-refractivity contribution in [2.45, 2.75) is 12.6 Å². The van der Waals surface area contributed by atoms with Crippen LogP contribution in [0.25, 0.3) is 0 Å². The zero-order valence-corrected chi connectivity index (χ0v) is 10.2. The summed E-state index contributed by atoms with van der Waals surface area (Å²) in [4.78, 5) is 23.0. The summed E-state index contributed by atoms with van der Waals surface area (Å²) in [6.07, 6.45) is 1.45. The summed E-state index contributed by atoms with van der Waals surface area (Å²) < 4.78 is 0. The molecular formula is C11H18N4O2. The molecule has 1 aromatic rings. The Morgan fingerprint density at radius 2 is 2.29 bits per heavy atom. The number of aromatic nitrogens is 2. The van der Waals surface area contributed by atoms with Gasteiger partial charge in [-0.1, -0.05) is 0 Å². The maximum absolute atomic E-state index is 11.6. The number of hydrogen-bond donors (Lipinski definition) is 2. The summed E-state index contributed by atoms with van der Waals surface area (Å²) in [6.45, 7) is 2.54. The van der Waals surface area contributed by atoms with Crippen molar-refractivity contribution in [3.05, 3.63) is 27.9 Å². The van der Waals surface area contributed by atoms with Crippen LogP contribution in [0.4, 0.5) is 0 Å². The van der Waals surface area contributed by atoms with E-state index in [0.29, 0.717) is 11.4 Å². The molecule has 6 nitrogen and oxygen atoms in total. The Bertz CT molecular complexity index is 445. The molecule has 1 saturated heterocycles. The molecule has 6 heteroatoms. The van der Waals surface area contributed by atoms with Gasteiger partial charge in [0.15, 0.2) is 0 Å². The highest BCUT2D eigenvalue weighted by molar-refractivity contribution is 5.07. The highest BCUT2D eigenvalue weighted by Gasteiger charge is 2.25. The number of likely N-dealkylation sites (N-methyl/N-ethyl adjacent to an activating group) is 2. The Morgan fingerprint density at radius 1 is 1.53 bits per heavy atom. The number of rotatable bonds is 2. The van der Waals surface area contributed by atoms with E-state index in [1.807, 2.05) is 7.05 Å². The van der Waals surface area contributed by atoms with Gasteiger partial charge in [0.2, 0.25) is 0 Å². The van der Waals surface area contributed by atoms with Crippen LogP contribution in [0.3, 0.4) is 0 Å². The normalized spacial score (nSPS) is 22.9. The van der Waals surface area contributed by atoms with Gasteiger partial charge in [-0.3, -0.25) is 9.69 Å². The van der Waals surface area contributed by atoms with Gasteiger partial charge in [-0.25, -0.2) is 4.98 Å².